The number of rotatable bonds is 3. The summed E-state index contributed by atoms with van der Waals surface area (Å²) in [6, 6.07) is 3.37. The average Bonchev–Trinajstić information content (AvgIpc) is 2.21. The summed E-state index contributed by atoms with van der Waals surface area (Å²) in [5.41, 5.74) is 6.81. The van der Waals surface area contributed by atoms with Gasteiger partial charge in [-0.05, 0) is 18.6 Å². The fourth-order valence-corrected chi connectivity index (χ4v) is 1.09. The van der Waals surface area contributed by atoms with Crippen molar-refractivity contribution in [1.82, 2.24) is 4.98 Å². The first kappa shape index (κ1) is 11.0. The van der Waals surface area contributed by atoms with Crippen LogP contribution in [0.25, 0.3) is 0 Å². The second-order valence-electron chi connectivity index (χ2n) is 2.86. The van der Waals surface area contributed by atoms with Crippen LogP contribution in [-0.4, -0.2) is 17.6 Å². The van der Waals surface area contributed by atoms with E-state index in [1.54, 1.807) is 6.92 Å². The Kier molecular flexibility index (Phi) is 3.63. The van der Waals surface area contributed by atoms with E-state index in [9.17, 15) is 4.79 Å². The summed E-state index contributed by atoms with van der Waals surface area (Å²) in [5.74, 6) is -0.362. The number of hydrogen-bond acceptors (Lipinski definition) is 5. The number of anilines is 1. The first-order valence-electron chi connectivity index (χ1n) is 4.47. The van der Waals surface area contributed by atoms with Crippen LogP contribution in [0.2, 0.25) is 0 Å². The van der Waals surface area contributed by atoms with E-state index in [2.05, 4.69) is 4.98 Å². The molecule has 5 heteroatoms. The highest BCUT2D eigenvalue weighted by atomic mass is 16.5. The van der Waals surface area contributed by atoms with Crippen LogP contribution in [0.3, 0.4) is 0 Å². The Hall–Kier alpha value is -2.09. The number of nitrogens with zero attached hydrogens (tertiary/aromatic N) is 2. The molecule has 0 fully saturated rings. The molecule has 2 N–H and O–H groups in total. The number of aromatic nitrogens is 1. The highest BCUT2D eigenvalue weighted by Gasteiger charge is 2.08. The molecule has 0 radical (unpaired) electrons. The van der Waals surface area contributed by atoms with Crippen molar-refractivity contribution < 1.29 is 9.53 Å². The van der Waals surface area contributed by atoms with Crippen LogP contribution < -0.4 is 5.73 Å². The maximum atomic E-state index is 11.2. The zero-order valence-electron chi connectivity index (χ0n) is 8.36. The number of carbonyl (C=O) groups excluding carboxylic acids is 1. The molecule has 0 bridgehead atoms. The van der Waals surface area contributed by atoms with E-state index < -0.39 is 0 Å². The average molecular weight is 205 g/mol. The Labute approximate surface area is 87.5 Å². The fraction of sp³-hybridized carbons (Fsp3) is 0.300. The Balaban J connectivity index is 2.85. The minimum absolute atomic E-state index is 0.0663. The zero-order valence-corrected chi connectivity index (χ0v) is 8.36. The van der Waals surface area contributed by atoms with E-state index in [1.165, 1.54) is 12.3 Å². The smallest absolute Gasteiger partial charge is 0.310 e. The molecule has 15 heavy (non-hydrogen) atoms. The molecule has 0 amide bonds. The highest BCUT2D eigenvalue weighted by molar-refractivity contribution is 5.74. The van der Waals surface area contributed by atoms with E-state index in [1.807, 2.05) is 6.07 Å². The number of ether oxygens (including phenoxy) is 1. The van der Waals surface area contributed by atoms with Crippen LogP contribution >= 0.6 is 0 Å². The number of nitrogen functional groups attached to an aromatic ring is 1. The maximum absolute atomic E-state index is 11.2. The van der Waals surface area contributed by atoms with Crippen LogP contribution in [-0.2, 0) is 16.0 Å². The van der Waals surface area contributed by atoms with E-state index in [4.69, 9.17) is 15.7 Å². The van der Waals surface area contributed by atoms with E-state index in [0.29, 0.717) is 17.9 Å². The second kappa shape index (κ2) is 4.96. The molecule has 0 saturated carbocycles. The lowest BCUT2D eigenvalue weighted by Gasteiger charge is -2.04. The molecule has 1 aromatic heterocycles. The van der Waals surface area contributed by atoms with Crippen molar-refractivity contribution in [2.75, 3.05) is 12.3 Å². The lowest BCUT2D eigenvalue weighted by molar-refractivity contribution is -0.142. The summed E-state index contributed by atoms with van der Waals surface area (Å²) in [6.07, 6.45) is 1.43. The molecule has 0 atom stereocenters. The third-order valence-corrected chi connectivity index (χ3v) is 1.78. The summed E-state index contributed by atoms with van der Waals surface area (Å²) < 4.78 is 4.78. The number of nitrogens with two attached hydrogens (primary N) is 1. The van der Waals surface area contributed by atoms with E-state index in [0.717, 1.165) is 0 Å². The first-order chi connectivity index (χ1) is 7.17. The number of nitriles is 1. The Morgan fingerprint density at radius 2 is 2.47 bits per heavy atom. The normalized spacial score (nSPS) is 9.33. The van der Waals surface area contributed by atoms with Gasteiger partial charge in [-0.25, -0.2) is 4.98 Å². The van der Waals surface area contributed by atoms with Gasteiger partial charge < -0.3 is 10.5 Å². The minimum atomic E-state index is -0.362. The summed E-state index contributed by atoms with van der Waals surface area (Å²) in [6.45, 7) is 2.06. The molecule has 0 aliphatic heterocycles. The largest absolute Gasteiger partial charge is 0.466 e. The van der Waals surface area contributed by atoms with Gasteiger partial charge in [-0.3, -0.25) is 4.79 Å². The van der Waals surface area contributed by atoms with Crippen molar-refractivity contribution in [3.63, 3.8) is 0 Å². The van der Waals surface area contributed by atoms with Gasteiger partial charge in [-0.1, -0.05) is 0 Å². The van der Waals surface area contributed by atoms with Crippen LogP contribution in [0.5, 0.6) is 0 Å². The monoisotopic (exact) mass is 205 g/mol. The van der Waals surface area contributed by atoms with Crippen molar-refractivity contribution in [1.29, 1.82) is 5.26 Å². The Morgan fingerprint density at radius 3 is 3.07 bits per heavy atom. The van der Waals surface area contributed by atoms with E-state index in [-0.39, 0.29) is 18.1 Å². The van der Waals surface area contributed by atoms with Gasteiger partial charge in [0.2, 0.25) is 0 Å². The van der Waals surface area contributed by atoms with Crippen molar-refractivity contribution in [3.8, 4) is 6.07 Å². The number of esters is 1. The molecular weight excluding hydrogens is 194 g/mol. The van der Waals surface area contributed by atoms with Crippen LogP contribution in [0.4, 0.5) is 5.69 Å². The summed E-state index contributed by atoms with van der Waals surface area (Å²) in [7, 11) is 0. The van der Waals surface area contributed by atoms with Crippen molar-refractivity contribution >= 4 is 11.7 Å². The quantitative estimate of drug-likeness (QED) is 0.731. The Bertz CT molecular complexity index is 410. The lowest BCUT2D eigenvalue weighted by atomic mass is 10.1. The number of pyridine rings is 1. The number of hydrogen-bond donors (Lipinski definition) is 1. The molecule has 0 aliphatic carbocycles. The fourth-order valence-electron chi connectivity index (χ4n) is 1.09. The van der Waals surface area contributed by atoms with Gasteiger partial charge in [-0.2, -0.15) is 5.26 Å². The molecular formula is C10H11N3O2. The van der Waals surface area contributed by atoms with Crippen molar-refractivity contribution in [3.05, 3.63) is 23.5 Å². The molecule has 0 aliphatic rings. The Morgan fingerprint density at radius 1 is 1.73 bits per heavy atom. The standard InChI is InChI=1S/C10H11N3O2/c1-2-15-10(14)4-7-3-8(5-11)13-6-9(7)12/h3,6H,2,4,12H2,1H3. The highest BCUT2D eigenvalue weighted by Crippen LogP contribution is 2.12. The van der Waals surface area contributed by atoms with Gasteiger partial charge in [0, 0.05) is 0 Å². The van der Waals surface area contributed by atoms with Crippen LogP contribution in [0, 0.1) is 11.3 Å². The minimum Gasteiger partial charge on any atom is -0.466 e. The van der Waals surface area contributed by atoms with Crippen LogP contribution in [0.1, 0.15) is 18.2 Å². The van der Waals surface area contributed by atoms with Gasteiger partial charge in [0.25, 0.3) is 0 Å². The first-order valence-corrected chi connectivity index (χ1v) is 4.47. The topological polar surface area (TPSA) is 89.0 Å². The maximum Gasteiger partial charge on any atom is 0.310 e. The van der Waals surface area contributed by atoms with Gasteiger partial charge in [-0.15, -0.1) is 0 Å². The third-order valence-electron chi connectivity index (χ3n) is 1.78. The molecule has 0 spiro atoms. The summed E-state index contributed by atoms with van der Waals surface area (Å²) in [5, 5.41) is 8.62. The summed E-state index contributed by atoms with van der Waals surface area (Å²) in [4.78, 5) is 15.0. The van der Waals surface area contributed by atoms with Gasteiger partial charge in [0.15, 0.2) is 0 Å². The molecule has 0 unspecified atom stereocenters. The van der Waals surface area contributed by atoms with Crippen molar-refractivity contribution in [2.45, 2.75) is 13.3 Å². The molecule has 78 valence electrons. The second-order valence-corrected chi connectivity index (χ2v) is 2.86. The molecule has 1 aromatic rings. The van der Waals surface area contributed by atoms with Gasteiger partial charge >= 0.3 is 5.97 Å². The predicted molar refractivity (Wildman–Crippen MR) is 53.7 cm³/mol. The van der Waals surface area contributed by atoms with Crippen molar-refractivity contribution in [2.24, 2.45) is 0 Å². The SMILES string of the molecule is CCOC(=O)Cc1cc(C#N)ncc1N. The van der Waals surface area contributed by atoms with Crippen LogP contribution in [0.15, 0.2) is 12.3 Å². The molecule has 1 heterocycles. The molecule has 0 saturated heterocycles. The molecule has 5 nitrogen and oxygen atoms in total. The molecule has 0 aromatic carbocycles. The molecule has 1 rings (SSSR count). The van der Waals surface area contributed by atoms with Gasteiger partial charge in [0.1, 0.15) is 11.8 Å². The van der Waals surface area contributed by atoms with Gasteiger partial charge in [0.05, 0.1) is 24.9 Å². The zero-order chi connectivity index (χ0) is 11.3. The lowest BCUT2D eigenvalue weighted by Crippen LogP contribution is -2.09. The number of carbonyl (C=O) groups is 1. The summed E-state index contributed by atoms with van der Waals surface area (Å²) >= 11 is 0. The third kappa shape index (κ3) is 2.95. The van der Waals surface area contributed by atoms with E-state index >= 15 is 0 Å². The predicted octanol–water partition coefficient (Wildman–Crippen LogP) is 0.641.